The monoisotopic (exact) mass is 291 g/mol. The minimum Gasteiger partial charge on any atom is -0.507 e. The molecule has 0 heterocycles. The molecule has 3 heteroatoms. The van der Waals surface area contributed by atoms with Crippen molar-refractivity contribution in [1.82, 2.24) is 0 Å². The number of phenols is 1. The van der Waals surface area contributed by atoms with Gasteiger partial charge in [0.05, 0.1) is 5.71 Å². The summed E-state index contributed by atoms with van der Waals surface area (Å²) in [5.74, 6) is 0.216. The number of rotatable bonds is 9. The summed E-state index contributed by atoms with van der Waals surface area (Å²) in [5.41, 5.74) is 3.14. The van der Waals surface area contributed by atoms with Gasteiger partial charge in [0.2, 0.25) is 0 Å². The summed E-state index contributed by atoms with van der Waals surface area (Å²) in [4.78, 5) is 0. The molecule has 0 saturated carbocycles. The molecular weight excluding hydrogens is 262 g/mol. The number of nitrogens with zero attached hydrogens (tertiary/aromatic N) is 1. The average molecular weight is 291 g/mol. The fourth-order valence-electron chi connectivity index (χ4n) is 2.61. The molecule has 0 bridgehead atoms. The van der Waals surface area contributed by atoms with Crippen molar-refractivity contribution < 1.29 is 10.3 Å². The summed E-state index contributed by atoms with van der Waals surface area (Å²) in [6.07, 6.45) is 10.1. The highest BCUT2D eigenvalue weighted by Gasteiger charge is 2.10. The molecule has 1 aromatic rings. The maximum atomic E-state index is 10.0. The van der Waals surface area contributed by atoms with Crippen molar-refractivity contribution in [1.29, 1.82) is 0 Å². The van der Waals surface area contributed by atoms with Crippen LogP contribution < -0.4 is 0 Å². The zero-order chi connectivity index (χ0) is 15.7. The Balaban J connectivity index is 2.51. The van der Waals surface area contributed by atoms with Gasteiger partial charge in [-0.15, -0.1) is 0 Å². The first-order valence-electron chi connectivity index (χ1n) is 8.11. The van der Waals surface area contributed by atoms with E-state index in [1.54, 1.807) is 6.92 Å². The molecule has 0 amide bonds. The number of aromatic hydroxyl groups is 1. The van der Waals surface area contributed by atoms with Crippen LogP contribution >= 0.6 is 0 Å². The van der Waals surface area contributed by atoms with Gasteiger partial charge in [-0.2, -0.15) is 0 Å². The highest BCUT2D eigenvalue weighted by Crippen LogP contribution is 2.25. The lowest BCUT2D eigenvalue weighted by molar-refractivity contribution is 0.318. The third-order valence-electron chi connectivity index (χ3n) is 3.97. The van der Waals surface area contributed by atoms with Crippen LogP contribution in [0.5, 0.6) is 5.75 Å². The first-order chi connectivity index (χ1) is 10.1. The number of oxime groups is 1. The predicted molar refractivity (Wildman–Crippen MR) is 88.5 cm³/mol. The predicted octanol–water partition coefficient (Wildman–Crippen LogP) is 5.19. The van der Waals surface area contributed by atoms with Gasteiger partial charge in [0.1, 0.15) is 5.75 Å². The van der Waals surface area contributed by atoms with Crippen LogP contribution in [0.1, 0.15) is 75.5 Å². The second-order valence-corrected chi connectivity index (χ2v) is 5.87. The molecule has 0 spiro atoms. The SMILES string of the molecule is CCCCCCCCCc1cc(C)c(O)c(/C(C)=N\O)c1. The first-order valence-corrected chi connectivity index (χ1v) is 8.11. The molecule has 0 radical (unpaired) electrons. The van der Waals surface area contributed by atoms with E-state index in [2.05, 4.69) is 12.1 Å². The van der Waals surface area contributed by atoms with Gasteiger partial charge >= 0.3 is 0 Å². The summed E-state index contributed by atoms with van der Waals surface area (Å²) < 4.78 is 0. The highest BCUT2D eigenvalue weighted by molar-refractivity contribution is 6.01. The number of benzene rings is 1. The van der Waals surface area contributed by atoms with Crippen LogP contribution in [0.3, 0.4) is 0 Å². The summed E-state index contributed by atoms with van der Waals surface area (Å²) in [6, 6.07) is 3.97. The van der Waals surface area contributed by atoms with Crippen molar-refractivity contribution in [3.63, 3.8) is 0 Å². The summed E-state index contributed by atoms with van der Waals surface area (Å²) >= 11 is 0. The van der Waals surface area contributed by atoms with E-state index in [1.807, 2.05) is 19.1 Å². The lowest BCUT2D eigenvalue weighted by Gasteiger charge is -2.10. The Morgan fingerprint density at radius 1 is 1.05 bits per heavy atom. The van der Waals surface area contributed by atoms with E-state index in [4.69, 9.17) is 5.21 Å². The molecule has 2 N–H and O–H groups in total. The Bertz CT molecular complexity index is 467. The van der Waals surface area contributed by atoms with Crippen LogP contribution in [-0.4, -0.2) is 16.0 Å². The maximum absolute atomic E-state index is 10.0. The van der Waals surface area contributed by atoms with E-state index in [1.165, 1.54) is 50.5 Å². The third kappa shape index (κ3) is 5.78. The maximum Gasteiger partial charge on any atom is 0.127 e. The van der Waals surface area contributed by atoms with Gasteiger partial charge in [0, 0.05) is 5.56 Å². The Morgan fingerprint density at radius 3 is 2.29 bits per heavy atom. The summed E-state index contributed by atoms with van der Waals surface area (Å²) in [7, 11) is 0. The second-order valence-electron chi connectivity index (χ2n) is 5.87. The smallest absolute Gasteiger partial charge is 0.127 e. The van der Waals surface area contributed by atoms with Crippen LogP contribution in [0, 0.1) is 6.92 Å². The van der Waals surface area contributed by atoms with E-state index in [9.17, 15) is 5.11 Å². The molecule has 0 atom stereocenters. The minimum absolute atomic E-state index is 0.216. The van der Waals surface area contributed by atoms with Crippen LogP contribution in [0.15, 0.2) is 17.3 Å². The molecule has 0 aliphatic heterocycles. The molecule has 21 heavy (non-hydrogen) atoms. The quantitative estimate of drug-likeness (QED) is 0.284. The molecule has 0 aromatic heterocycles. The normalized spacial score (nSPS) is 11.9. The fraction of sp³-hybridized carbons (Fsp3) is 0.611. The molecular formula is C18H29NO2. The van der Waals surface area contributed by atoms with Gasteiger partial charge in [-0.1, -0.05) is 56.7 Å². The summed E-state index contributed by atoms with van der Waals surface area (Å²) in [5, 5.41) is 22.1. The van der Waals surface area contributed by atoms with Gasteiger partial charge in [-0.25, -0.2) is 0 Å². The Kier molecular flexibility index (Phi) is 7.88. The van der Waals surface area contributed by atoms with Crippen molar-refractivity contribution in [2.45, 2.75) is 72.1 Å². The Hall–Kier alpha value is -1.51. The lowest BCUT2D eigenvalue weighted by atomic mass is 9.98. The van der Waals surface area contributed by atoms with E-state index >= 15 is 0 Å². The molecule has 1 aromatic carbocycles. The van der Waals surface area contributed by atoms with Crippen molar-refractivity contribution in [2.24, 2.45) is 5.16 Å². The Labute approximate surface area is 128 Å². The van der Waals surface area contributed by atoms with Crippen molar-refractivity contribution in [2.75, 3.05) is 0 Å². The van der Waals surface area contributed by atoms with Gasteiger partial charge < -0.3 is 10.3 Å². The number of aryl methyl sites for hydroxylation is 2. The van der Waals surface area contributed by atoms with Crippen molar-refractivity contribution >= 4 is 5.71 Å². The zero-order valence-electron chi connectivity index (χ0n) is 13.7. The van der Waals surface area contributed by atoms with Gasteiger partial charge in [0.15, 0.2) is 0 Å². The van der Waals surface area contributed by atoms with Crippen molar-refractivity contribution in [3.05, 3.63) is 28.8 Å². The average Bonchev–Trinajstić information content (AvgIpc) is 2.48. The van der Waals surface area contributed by atoms with Gasteiger partial charge in [-0.3, -0.25) is 0 Å². The number of phenolic OH excluding ortho intramolecular Hbond substituents is 1. The number of hydrogen-bond donors (Lipinski definition) is 2. The molecule has 0 unspecified atom stereocenters. The van der Waals surface area contributed by atoms with Crippen LogP contribution in [-0.2, 0) is 6.42 Å². The largest absolute Gasteiger partial charge is 0.507 e. The Morgan fingerprint density at radius 2 is 1.67 bits per heavy atom. The first kappa shape index (κ1) is 17.5. The molecule has 118 valence electrons. The topological polar surface area (TPSA) is 52.8 Å². The van der Waals surface area contributed by atoms with Gasteiger partial charge in [0.25, 0.3) is 0 Å². The molecule has 0 fully saturated rings. The van der Waals surface area contributed by atoms with Crippen LogP contribution in [0.4, 0.5) is 0 Å². The van der Waals surface area contributed by atoms with E-state index in [-0.39, 0.29) is 5.75 Å². The fourth-order valence-corrected chi connectivity index (χ4v) is 2.61. The minimum atomic E-state index is 0.216. The highest BCUT2D eigenvalue weighted by atomic mass is 16.4. The number of hydrogen-bond acceptors (Lipinski definition) is 3. The summed E-state index contributed by atoms with van der Waals surface area (Å²) in [6.45, 7) is 5.83. The molecule has 3 nitrogen and oxygen atoms in total. The molecule has 0 saturated heterocycles. The molecule has 0 aliphatic rings. The van der Waals surface area contributed by atoms with E-state index in [0.717, 1.165) is 12.0 Å². The molecule has 0 aliphatic carbocycles. The second kappa shape index (κ2) is 9.43. The van der Waals surface area contributed by atoms with Crippen LogP contribution in [0.25, 0.3) is 0 Å². The van der Waals surface area contributed by atoms with Gasteiger partial charge in [-0.05, 0) is 43.9 Å². The third-order valence-corrected chi connectivity index (χ3v) is 3.97. The standard InChI is InChI=1S/C18H29NO2/c1-4-5-6-7-8-9-10-11-16-12-14(2)18(20)17(13-16)15(3)19-21/h12-13,20-21H,4-11H2,1-3H3/b19-15-. The van der Waals surface area contributed by atoms with E-state index < -0.39 is 0 Å². The number of unbranched alkanes of at least 4 members (excludes halogenated alkanes) is 6. The van der Waals surface area contributed by atoms with Crippen molar-refractivity contribution in [3.8, 4) is 5.75 Å². The lowest BCUT2D eigenvalue weighted by Crippen LogP contribution is -1.99. The van der Waals surface area contributed by atoms with Crippen LogP contribution in [0.2, 0.25) is 0 Å². The zero-order valence-corrected chi connectivity index (χ0v) is 13.7. The molecule has 1 rings (SSSR count). The van der Waals surface area contributed by atoms with E-state index in [0.29, 0.717) is 11.3 Å².